The summed E-state index contributed by atoms with van der Waals surface area (Å²) in [5.74, 6) is 0. The number of hydrogen-bond donors (Lipinski definition) is 1. The van der Waals surface area contributed by atoms with Crippen molar-refractivity contribution in [2.75, 3.05) is 26.2 Å². The second-order valence-electron chi connectivity index (χ2n) is 6.43. The van der Waals surface area contributed by atoms with Gasteiger partial charge in [0.15, 0.2) is 0 Å². The van der Waals surface area contributed by atoms with Crippen LogP contribution in [0.5, 0.6) is 0 Å². The summed E-state index contributed by atoms with van der Waals surface area (Å²) in [6, 6.07) is 20.5. The topological polar surface area (TPSA) is 15.3 Å². The lowest BCUT2D eigenvalue weighted by Crippen LogP contribution is -2.45. The van der Waals surface area contributed by atoms with Crippen molar-refractivity contribution in [1.29, 1.82) is 0 Å². The number of hydrogen-bond acceptors (Lipinski definition) is 2. The molecule has 1 aliphatic rings. The van der Waals surface area contributed by atoms with Crippen LogP contribution in [0, 0.1) is 0 Å². The molecule has 23 heavy (non-hydrogen) atoms. The molecule has 2 nitrogen and oxygen atoms in total. The van der Waals surface area contributed by atoms with Crippen molar-refractivity contribution in [3.63, 3.8) is 0 Å². The van der Waals surface area contributed by atoms with Gasteiger partial charge in [0.1, 0.15) is 0 Å². The van der Waals surface area contributed by atoms with Crippen molar-refractivity contribution in [2.24, 2.45) is 0 Å². The Morgan fingerprint density at radius 3 is 2.22 bits per heavy atom. The molecule has 0 amide bonds. The highest BCUT2D eigenvalue weighted by Gasteiger charge is 2.21. The van der Waals surface area contributed by atoms with Crippen LogP contribution in [0.3, 0.4) is 0 Å². The quantitative estimate of drug-likeness (QED) is 0.846. The van der Waals surface area contributed by atoms with Gasteiger partial charge in [0.25, 0.3) is 0 Å². The Balaban J connectivity index is 1.78. The maximum atomic E-state index is 3.47. The molecule has 0 bridgehead atoms. The number of nitrogens with zero attached hydrogens (tertiary/aromatic N) is 1. The first kappa shape index (κ1) is 16.2. The van der Waals surface area contributed by atoms with Crippen LogP contribution in [-0.2, 0) is 0 Å². The van der Waals surface area contributed by atoms with Gasteiger partial charge in [0, 0.05) is 32.2 Å². The molecule has 3 rings (SSSR count). The average Bonchev–Trinajstić information content (AvgIpc) is 2.64. The Hall–Kier alpha value is -1.64. The Morgan fingerprint density at radius 2 is 1.57 bits per heavy atom. The van der Waals surface area contributed by atoms with Crippen molar-refractivity contribution in [1.82, 2.24) is 10.2 Å². The average molecular weight is 308 g/mol. The van der Waals surface area contributed by atoms with Crippen LogP contribution in [0.15, 0.2) is 54.6 Å². The van der Waals surface area contributed by atoms with Gasteiger partial charge in [-0.3, -0.25) is 4.90 Å². The van der Waals surface area contributed by atoms with Crippen molar-refractivity contribution < 1.29 is 0 Å². The van der Waals surface area contributed by atoms with Crippen LogP contribution in [0.1, 0.15) is 37.8 Å². The lowest BCUT2D eigenvalue weighted by molar-refractivity contribution is 0.163. The molecular formula is C21H28N2. The summed E-state index contributed by atoms with van der Waals surface area (Å²) in [5, 5.41) is 3.47. The van der Waals surface area contributed by atoms with Crippen LogP contribution >= 0.6 is 0 Å². The maximum Gasteiger partial charge on any atom is 0.0349 e. The minimum absolute atomic E-state index is 0.571. The molecular weight excluding hydrogens is 280 g/mol. The molecule has 1 fully saturated rings. The van der Waals surface area contributed by atoms with E-state index in [0.29, 0.717) is 6.04 Å². The Bertz CT molecular complexity index is 571. The summed E-state index contributed by atoms with van der Waals surface area (Å²) in [6.45, 7) is 6.84. The zero-order valence-corrected chi connectivity index (χ0v) is 14.2. The van der Waals surface area contributed by atoms with E-state index in [0.717, 1.165) is 26.2 Å². The van der Waals surface area contributed by atoms with Gasteiger partial charge in [-0.1, -0.05) is 74.4 Å². The molecule has 1 N–H and O–H groups in total. The van der Waals surface area contributed by atoms with E-state index >= 15 is 0 Å². The molecule has 1 saturated heterocycles. The third kappa shape index (κ3) is 4.21. The van der Waals surface area contributed by atoms with Crippen molar-refractivity contribution in [3.8, 4) is 11.1 Å². The van der Waals surface area contributed by atoms with Crippen LogP contribution in [0.2, 0.25) is 0 Å². The van der Waals surface area contributed by atoms with E-state index in [2.05, 4.69) is 71.7 Å². The van der Waals surface area contributed by atoms with Gasteiger partial charge in [-0.25, -0.2) is 0 Å². The minimum Gasteiger partial charge on any atom is -0.314 e. The monoisotopic (exact) mass is 308 g/mol. The summed E-state index contributed by atoms with van der Waals surface area (Å²) in [7, 11) is 0. The zero-order chi connectivity index (χ0) is 15.9. The van der Waals surface area contributed by atoms with E-state index in [4.69, 9.17) is 0 Å². The van der Waals surface area contributed by atoms with Crippen LogP contribution in [-0.4, -0.2) is 31.1 Å². The summed E-state index contributed by atoms with van der Waals surface area (Å²) >= 11 is 0. The van der Waals surface area contributed by atoms with Gasteiger partial charge in [-0.05, 0) is 23.1 Å². The number of benzene rings is 2. The first-order valence-corrected chi connectivity index (χ1v) is 8.98. The van der Waals surface area contributed by atoms with Gasteiger partial charge < -0.3 is 5.32 Å². The van der Waals surface area contributed by atoms with Crippen LogP contribution in [0.25, 0.3) is 11.1 Å². The maximum absolute atomic E-state index is 3.47. The molecule has 0 aliphatic carbocycles. The van der Waals surface area contributed by atoms with E-state index in [1.54, 1.807) is 0 Å². The number of rotatable bonds is 6. The lowest BCUT2D eigenvalue weighted by Gasteiger charge is -2.35. The fourth-order valence-corrected chi connectivity index (χ4v) is 3.48. The highest BCUT2D eigenvalue weighted by atomic mass is 15.2. The minimum atomic E-state index is 0.571. The number of nitrogens with one attached hydrogen (secondary N) is 1. The third-order valence-electron chi connectivity index (χ3n) is 4.83. The van der Waals surface area contributed by atoms with E-state index in [9.17, 15) is 0 Å². The molecule has 0 spiro atoms. The summed E-state index contributed by atoms with van der Waals surface area (Å²) in [4.78, 5) is 2.66. The normalized spacial score (nSPS) is 17.1. The Kier molecular flexibility index (Phi) is 5.84. The van der Waals surface area contributed by atoms with E-state index in [-0.39, 0.29) is 0 Å². The summed E-state index contributed by atoms with van der Waals surface area (Å²) in [5.41, 5.74) is 4.08. The smallest absolute Gasteiger partial charge is 0.0349 e. The second-order valence-corrected chi connectivity index (χ2v) is 6.43. The molecule has 1 atom stereocenters. The SMILES string of the molecule is CCCC[C@@H](c1ccc(-c2ccccc2)cc1)N1CCNCC1. The molecule has 2 aromatic carbocycles. The lowest BCUT2D eigenvalue weighted by atomic mass is 9.96. The predicted molar refractivity (Wildman–Crippen MR) is 98.6 cm³/mol. The van der Waals surface area contributed by atoms with Crippen molar-refractivity contribution in [3.05, 3.63) is 60.2 Å². The molecule has 1 aliphatic heterocycles. The molecule has 122 valence electrons. The van der Waals surface area contributed by atoms with Crippen LogP contribution in [0.4, 0.5) is 0 Å². The van der Waals surface area contributed by atoms with Crippen molar-refractivity contribution in [2.45, 2.75) is 32.2 Å². The van der Waals surface area contributed by atoms with Gasteiger partial charge in [-0.15, -0.1) is 0 Å². The number of piperazine rings is 1. The highest BCUT2D eigenvalue weighted by molar-refractivity contribution is 5.63. The standard InChI is InChI=1S/C21H28N2/c1-2-3-9-21(23-16-14-22-15-17-23)20-12-10-19(11-13-20)18-7-5-4-6-8-18/h4-8,10-13,21-22H,2-3,9,14-17H2,1H3/t21-/m0/s1. The molecule has 0 saturated carbocycles. The zero-order valence-electron chi connectivity index (χ0n) is 14.2. The largest absolute Gasteiger partial charge is 0.314 e. The van der Waals surface area contributed by atoms with Gasteiger partial charge in [0.2, 0.25) is 0 Å². The second kappa shape index (κ2) is 8.28. The summed E-state index contributed by atoms with van der Waals surface area (Å²) in [6.07, 6.45) is 3.83. The molecule has 0 radical (unpaired) electrons. The fraction of sp³-hybridized carbons (Fsp3) is 0.429. The highest BCUT2D eigenvalue weighted by Crippen LogP contribution is 2.29. The first-order chi connectivity index (χ1) is 11.4. The Labute approximate surface area is 140 Å². The molecule has 0 unspecified atom stereocenters. The van der Waals surface area contributed by atoms with Gasteiger partial charge >= 0.3 is 0 Å². The van der Waals surface area contributed by atoms with Gasteiger partial charge in [-0.2, -0.15) is 0 Å². The predicted octanol–water partition coefficient (Wildman–Crippen LogP) is 4.49. The molecule has 0 aromatic heterocycles. The third-order valence-corrected chi connectivity index (χ3v) is 4.83. The van der Waals surface area contributed by atoms with E-state index < -0.39 is 0 Å². The first-order valence-electron chi connectivity index (χ1n) is 8.98. The molecule has 2 heteroatoms. The Morgan fingerprint density at radius 1 is 0.913 bits per heavy atom. The van der Waals surface area contributed by atoms with E-state index in [1.165, 1.54) is 36.0 Å². The van der Waals surface area contributed by atoms with E-state index in [1.807, 2.05) is 0 Å². The van der Waals surface area contributed by atoms with Crippen LogP contribution < -0.4 is 5.32 Å². The molecule has 1 heterocycles. The van der Waals surface area contributed by atoms with Crippen molar-refractivity contribution >= 4 is 0 Å². The molecule has 2 aromatic rings. The number of unbranched alkanes of at least 4 members (excludes halogenated alkanes) is 1. The summed E-state index contributed by atoms with van der Waals surface area (Å²) < 4.78 is 0. The van der Waals surface area contributed by atoms with Gasteiger partial charge in [0.05, 0.1) is 0 Å². The fourth-order valence-electron chi connectivity index (χ4n) is 3.48.